The van der Waals surface area contributed by atoms with E-state index in [1.54, 1.807) is 23.4 Å². The van der Waals surface area contributed by atoms with Crippen LogP contribution >= 0.6 is 0 Å². The zero-order chi connectivity index (χ0) is 19.1. The van der Waals surface area contributed by atoms with Gasteiger partial charge in [-0.15, -0.1) is 0 Å². The van der Waals surface area contributed by atoms with Gasteiger partial charge >= 0.3 is 0 Å². The monoisotopic (exact) mass is 367 g/mol. The minimum atomic E-state index is -0.162. The van der Waals surface area contributed by atoms with Gasteiger partial charge in [0.2, 0.25) is 5.91 Å². The largest absolute Gasteiger partial charge is 0.368 e. The van der Waals surface area contributed by atoms with E-state index in [1.807, 2.05) is 25.1 Å². The van der Waals surface area contributed by atoms with Crippen molar-refractivity contribution in [3.8, 4) is 0 Å². The van der Waals surface area contributed by atoms with Gasteiger partial charge in [-0.2, -0.15) is 0 Å². The molecule has 2 aromatic heterocycles. The Labute approximate surface area is 159 Å². The van der Waals surface area contributed by atoms with E-state index in [9.17, 15) is 9.59 Å². The van der Waals surface area contributed by atoms with Gasteiger partial charge in [-0.05, 0) is 49.9 Å². The molecule has 0 radical (unpaired) electrons. The second-order valence-electron chi connectivity index (χ2n) is 6.73. The van der Waals surface area contributed by atoms with Crippen LogP contribution in [0.4, 0.5) is 5.82 Å². The Balaban J connectivity index is 1.72. The highest BCUT2D eigenvalue weighted by atomic mass is 16.2. The Kier molecular flexibility index (Phi) is 6.35. The van der Waals surface area contributed by atoms with Crippen LogP contribution in [0.2, 0.25) is 0 Å². The van der Waals surface area contributed by atoms with Gasteiger partial charge in [0.25, 0.3) is 5.91 Å². The standard InChI is InChI=1S/C20H25N5O2/c1-15-11-16(13-21-12-15)20(27)25-10-3-2-5-17-6-4-7-18(24-17)22-8-9-23-19(26)14-25/h4,6-7,11-13H,2-3,5,8-10,14H2,1H3,(H,22,24)(H,23,26). The van der Waals surface area contributed by atoms with Gasteiger partial charge < -0.3 is 15.5 Å². The molecule has 7 heteroatoms. The molecule has 2 N–H and O–H groups in total. The third kappa shape index (κ3) is 5.51. The molecule has 142 valence electrons. The van der Waals surface area contributed by atoms with E-state index in [4.69, 9.17) is 0 Å². The quantitative estimate of drug-likeness (QED) is 0.802. The number of anilines is 1. The first-order valence-corrected chi connectivity index (χ1v) is 9.29. The summed E-state index contributed by atoms with van der Waals surface area (Å²) in [6.07, 6.45) is 5.81. The summed E-state index contributed by atoms with van der Waals surface area (Å²) in [5, 5.41) is 6.06. The molecular weight excluding hydrogens is 342 g/mol. The maximum atomic E-state index is 12.9. The Morgan fingerprint density at radius 1 is 1.15 bits per heavy atom. The van der Waals surface area contributed by atoms with Gasteiger partial charge in [-0.25, -0.2) is 4.98 Å². The topological polar surface area (TPSA) is 87.2 Å². The van der Waals surface area contributed by atoms with Crippen LogP contribution in [0.3, 0.4) is 0 Å². The molecule has 0 saturated heterocycles. The maximum absolute atomic E-state index is 12.9. The number of nitrogens with one attached hydrogen (secondary N) is 2. The van der Waals surface area contributed by atoms with Crippen molar-refractivity contribution >= 4 is 17.6 Å². The molecule has 0 aliphatic carbocycles. The molecule has 0 aromatic carbocycles. The first kappa shape index (κ1) is 18.8. The van der Waals surface area contributed by atoms with Gasteiger partial charge in [0.15, 0.2) is 0 Å². The summed E-state index contributed by atoms with van der Waals surface area (Å²) in [7, 11) is 0. The van der Waals surface area contributed by atoms with E-state index < -0.39 is 0 Å². The summed E-state index contributed by atoms with van der Waals surface area (Å²) < 4.78 is 0. The smallest absolute Gasteiger partial charge is 0.255 e. The van der Waals surface area contributed by atoms with Crippen LogP contribution in [0, 0.1) is 6.92 Å². The van der Waals surface area contributed by atoms with Crippen molar-refractivity contribution in [2.75, 3.05) is 31.5 Å². The fourth-order valence-corrected chi connectivity index (χ4v) is 3.05. The Morgan fingerprint density at radius 2 is 2.00 bits per heavy atom. The Bertz CT molecular complexity index is 808. The molecule has 27 heavy (non-hydrogen) atoms. The van der Waals surface area contributed by atoms with Gasteiger partial charge in [0.05, 0.1) is 12.1 Å². The molecule has 1 aliphatic rings. The lowest BCUT2D eigenvalue weighted by Crippen LogP contribution is -2.42. The van der Waals surface area contributed by atoms with Crippen LogP contribution < -0.4 is 10.6 Å². The Morgan fingerprint density at radius 3 is 2.85 bits per heavy atom. The van der Waals surface area contributed by atoms with Crippen molar-refractivity contribution in [2.24, 2.45) is 0 Å². The fraction of sp³-hybridized carbons (Fsp3) is 0.400. The summed E-state index contributed by atoms with van der Waals surface area (Å²) >= 11 is 0. The minimum absolute atomic E-state index is 0.0519. The highest BCUT2D eigenvalue weighted by Gasteiger charge is 2.19. The lowest BCUT2D eigenvalue weighted by molar-refractivity contribution is -0.121. The number of nitrogens with zero attached hydrogens (tertiary/aromatic N) is 3. The zero-order valence-electron chi connectivity index (χ0n) is 15.6. The molecule has 0 atom stereocenters. The SMILES string of the molecule is Cc1cncc(C(=O)N2CCCCc3cccc(n3)NCCNC(=O)C2)c1. The van der Waals surface area contributed by atoms with Crippen LogP contribution in [-0.4, -0.2) is 52.9 Å². The summed E-state index contributed by atoms with van der Waals surface area (Å²) in [6, 6.07) is 7.72. The average Bonchev–Trinajstić information content (AvgIpc) is 2.67. The van der Waals surface area contributed by atoms with Gasteiger partial charge in [0.1, 0.15) is 5.82 Å². The van der Waals surface area contributed by atoms with Crippen molar-refractivity contribution in [2.45, 2.75) is 26.2 Å². The molecule has 7 nitrogen and oxygen atoms in total. The molecular formula is C20H25N5O2. The fourth-order valence-electron chi connectivity index (χ4n) is 3.05. The number of aromatic nitrogens is 2. The molecule has 1 aliphatic heterocycles. The van der Waals surface area contributed by atoms with E-state index >= 15 is 0 Å². The zero-order valence-corrected chi connectivity index (χ0v) is 15.6. The van der Waals surface area contributed by atoms with Crippen molar-refractivity contribution < 1.29 is 9.59 Å². The van der Waals surface area contributed by atoms with Crippen LogP contribution in [-0.2, 0) is 11.2 Å². The lowest BCUT2D eigenvalue weighted by atomic mass is 10.1. The van der Waals surface area contributed by atoms with Crippen molar-refractivity contribution in [1.82, 2.24) is 20.2 Å². The lowest BCUT2D eigenvalue weighted by Gasteiger charge is -2.23. The van der Waals surface area contributed by atoms with Gasteiger partial charge in [0, 0.05) is 37.7 Å². The van der Waals surface area contributed by atoms with E-state index in [1.165, 1.54) is 0 Å². The summed E-state index contributed by atoms with van der Waals surface area (Å²) in [5.41, 5.74) is 2.46. The number of hydrogen-bond acceptors (Lipinski definition) is 5. The maximum Gasteiger partial charge on any atom is 0.255 e. The normalized spacial score (nSPS) is 16.0. The van der Waals surface area contributed by atoms with E-state index in [2.05, 4.69) is 20.6 Å². The van der Waals surface area contributed by atoms with Crippen molar-refractivity contribution in [3.63, 3.8) is 0 Å². The second kappa shape index (κ2) is 9.12. The van der Waals surface area contributed by atoms with Crippen LogP contribution in [0.1, 0.15) is 34.5 Å². The first-order chi connectivity index (χ1) is 13.1. The second-order valence-corrected chi connectivity index (χ2v) is 6.73. The van der Waals surface area contributed by atoms with Gasteiger partial charge in [-0.1, -0.05) is 6.07 Å². The summed E-state index contributed by atoms with van der Waals surface area (Å²) in [4.78, 5) is 35.4. The van der Waals surface area contributed by atoms with Crippen LogP contribution in [0.15, 0.2) is 36.7 Å². The molecule has 0 unspecified atom stereocenters. The van der Waals surface area contributed by atoms with E-state index in [0.29, 0.717) is 25.2 Å². The summed E-state index contributed by atoms with van der Waals surface area (Å²) in [5.74, 6) is 0.499. The highest BCUT2D eigenvalue weighted by molar-refractivity contribution is 5.96. The number of carbonyl (C=O) groups excluding carboxylic acids is 2. The van der Waals surface area contributed by atoms with Crippen molar-refractivity contribution in [3.05, 3.63) is 53.5 Å². The van der Waals surface area contributed by atoms with E-state index in [0.717, 1.165) is 36.3 Å². The molecule has 0 spiro atoms. The molecule has 3 rings (SSSR count). The first-order valence-electron chi connectivity index (χ1n) is 9.29. The van der Waals surface area contributed by atoms with Crippen LogP contribution in [0.25, 0.3) is 0 Å². The number of aryl methyl sites for hydroxylation is 2. The van der Waals surface area contributed by atoms with Crippen LogP contribution in [0.5, 0.6) is 0 Å². The summed E-state index contributed by atoms with van der Waals surface area (Å²) in [6.45, 7) is 3.53. The number of fused-ring (bicyclic) bond motifs is 2. The molecule has 0 saturated carbocycles. The predicted octanol–water partition coefficient (Wildman–Crippen LogP) is 1.79. The number of amides is 2. The molecule has 2 aromatic rings. The molecule has 0 fully saturated rings. The third-order valence-corrected chi connectivity index (χ3v) is 4.41. The predicted molar refractivity (Wildman–Crippen MR) is 104 cm³/mol. The molecule has 2 bridgehead atoms. The molecule has 2 amide bonds. The number of pyridine rings is 2. The van der Waals surface area contributed by atoms with E-state index in [-0.39, 0.29) is 18.4 Å². The molecule has 3 heterocycles. The number of rotatable bonds is 1. The third-order valence-electron chi connectivity index (χ3n) is 4.41. The highest BCUT2D eigenvalue weighted by Crippen LogP contribution is 2.11. The minimum Gasteiger partial charge on any atom is -0.368 e. The Hall–Kier alpha value is -2.96. The van der Waals surface area contributed by atoms with Crippen molar-refractivity contribution in [1.29, 1.82) is 0 Å². The number of hydrogen-bond donors (Lipinski definition) is 2. The number of carbonyl (C=O) groups is 2. The van der Waals surface area contributed by atoms with Gasteiger partial charge in [-0.3, -0.25) is 14.6 Å². The average molecular weight is 367 g/mol.